The predicted molar refractivity (Wildman–Crippen MR) is 59.9 cm³/mol. The number of nitrogens with zero attached hydrogens (tertiary/aromatic N) is 2. The molecule has 0 bridgehead atoms. The molecule has 0 aliphatic rings. The maximum atomic E-state index is 12.2. The first kappa shape index (κ1) is 12.3. The van der Waals surface area contributed by atoms with E-state index >= 15 is 0 Å². The van der Waals surface area contributed by atoms with Gasteiger partial charge in [-0.25, -0.2) is 0 Å². The number of carbonyl (C=O) groups is 1. The Labute approximate surface area is 95.5 Å². The molecule has 86 valence electrons. The predicted octanol–water partition coefficient (Wildman–Crippen LogP) is 2.41. The Bertz CT molecular complexity index is 405. The first-order valence-corrected chi connectivity index (χ1v) is 5.29. The molecule has 0 radical (unpaired) electrons. The first-order chi connectivity index (χ1) is 7.49. The van der Waals surface area contributed by atoms with Crippen LogP contribution < -0.4 is 0 Å². The molecule has 1 rings (SSSR count). The highest BCUT2D eigenvalue weighted by Crippen LogP contribution is 2.16. The van der Waals surface area contributed by atoms with E-state index in [0.29, 0.717) is 5.56 Å². The number of amides is 1. The third-order valence-electron chi connectivity index (χ3n) is 2.34. The summed E-state index contributed by atoms with van der Waals surface area (Å²) >= 11 is 0. The van der Waals surface area contributed by atoms with Crippen molar-refractivity contribution in [3.63, 3.8) is 0 Å². The van der Waals surface area contributed by atoms with Crippen molar-refractivity contribution in [2.45, 2.75) is 39.8 Å². The van der Waals surface area contributed by atoms with Crippen LogP contribution in [-0.2, 0) is 0 Å². The molecule has 1 heterocycles. The van der Waals surface area contributed by atoms with Gasteiger partial charge in [0.15, 0.2) is 0 Å². The van der Waals surface area contributed by atoms with Crippen LogP contribution >= 0.6 is 0 Å². The summed E-state index contributed by atoms with van der Waals surface area (Å²) in [6.45, 7) is 7.79. The Morgan fingerprint density at radius 3 is 2.38 bits per heavy atom. The molecule has 4 nitrogen and oxygen atoms in total. The summed E-state index contributed by atoms with van der Waals surface area (Å²) in [4.78, 5) is 13.9. The molecule has 0 aromatic carbocycles. The van der Waals surface area contributed by atoms with Crippen molar-refractivity contribution in [2.75, 3.05) is 0 Å². The van der Waals surface area contributed by atoms with Crippen LogP contribution in [-0.4, -0.2) is 22.9 Å². The van der Waals surface area contributed by atoms with E-state index in [4.69, 9.17) is 9.68 Å². The molecular formula is C12H16N2O2. The van der Waals surface area contributed by atoms with Crippen molar-refractivity contribution < 1.29 is 9.21 Å². The second kappa shape index (κ2) is 4.84. The zero-order valence-electron chi connectivity index (χ0n) is 10.0. The minimum atomic E-state index is -0.157. The zero-order chi connectivity index (χ0) is 12.3. The minimum absolute atomic E-state index is 0.0799. The van der Waals surface area contributed by atoms with Gasteiger partial charge in [-0.2, -0.15) is 5.26 Å². The zero-order valence-corrected chi connectivity index (χ0v) is 10.0. The van der Waals surface area contributed by atoms with E-state index in [2.05, 4.69) is 0 Å². The summed E-state index contributed by atoms with van der Waals surface area (Å²) in [5.41, 5.74) is 0.338. The third-order valence-corrected chi connectivity index (χ3v) is 2.34. The number of rotatable bonds is 3. The molecule has 0 fully saturated rings. The van der Waals surface area contributed by atoms with Gasteiger partial charge in [-0.05, 0) is 33.8 Å². The van der Waals surface area contributed by atoms with E-state index in [1.807, 2.05) is 33.8 Å². The van der Waals surface area contributed by atoms with Crippen LogP contribution in [0.1, 0.15) is 43.8 Å². The molecule has 0 aliphatic heterocycles. The lowest BCUT2D eigenvalue weighted by Crippen LogP contribution is -2.42. The molecule has 0 saturated heterocycles. The van der Waals surface area contributed by atoms with Gasteiger partial charge in [-0.15, -0.1) is 0 Å². The average molecular weight is 220 g/mol. The van der Waals surface area contributed by atoms with E-state index in [9.17, 15) is 4.79 Å². The van der Waals surface area contributed by atoms with Gasteiger partial charge in [0.25, 0.3) is 5.91 Å². The highest BCUT2D eigenvalue weighted by atomic mass is 16.3. The van der Waals surface area contributed by atoms with E-state index in [0.717, 1.165) is 0 Å². The van der Waals surface area contributed by atoms with Crippen LogP contribution in [0.15, 0.2) is 16.7 Å². The molecule has 0 atom stereocenters. The van der Waals surface area contributed by atoms with Gasteiger partial charge in [0.05, 0.1) is 11.8 Å². The Morgan fingerprint density at radius 2 is 1.94 bits per heavy atom. The van der Waals surface area contributed by atoms with Gasteiger partial charge < -0.3 is 9.32 Å². The molecule has 4 heteroatoms. The fourth-order valence-electron chi connectivity index (χ4n) is 1.77. The van der Waals surface area contributed by atoms with E-state index in [-0.39, 0.29) is 23.8 Å². The van der Waals surface area contributed by atoms with Crippen molar-refractivity contribution in [3.05, 3.63) is 23.7 Å². The molecule has 0 N–H and O–H groups in total. The monoisotopic (exact) mass is 220 g/mol. The molecule has 1 aromatic heterocycles. The maximum absolute atomic E-state index is 12.2. The fraction of sp³-hybridized carbons (Fsp3) is 0.500. The fourth-order valence-corrected chi connectivity index (χ4v) is 1.77. The summed E-state index contributed by atoms with van der Waals surface area (Å²) in [5.74, 6) is -0.0772. The molecule has 0 spiro atoms. The first-order valence-electron chi connectivity index (χ1n) is 5.29. The molecule has 1 amide bonds. The molecule has 0 saturated carbocycles. The van der Waals surface area contributed by atoms with Crippen LogP contribution in [0.3, 0.4) is 0 Å². The van der Waals surface area contributed by atoms with Crippen molar-refractivity contribution in [3.8, 4) is 6.07 Å². The minimum Gasteiger partial charge on any atom is -0.453 e. The standard InChI is InChI=1S/C12H16N2O2/c1-8(2)14(9(3)4)12(15)10-5-6-16-11(10)7-13/h5-6,8-9H,1-4H3. The van der Waals surface area contributed by atoms with Crippen molar-refractivity contribution in [2.24, 2.45) is 0 Å². The Hall–Kier alpha value is -1.76. The van der Waals surface area contributed by atoms with Gasteiger partial charge in [0.1, 0.15) is 6.07 Å². The van der Waals surface area contributed by atoms with Crippen LogP contribution in [0, 0.1) is 11.3 Å². The number of hydrogen-bond acceptors (Lipinski definition) is 3. The summed E-state index contributed by atoms with van der Waals surface area (Å²) in [5, 5.41) is 8.80. The van der Waals surface area contributed by atoms with Gasteiger partial charge in [-0.3, -0.25) is 4.79 Å². The Balaban J connectivity index is 3.05. The summed E-state index contributed by atoms with van der Waals surface area (Å²) in [6, 6.07) is 3.60. The van der Waals surface area contributed by atoms with Gasteiger partial charge in [0.2, 0.25) is 5.76 Å². The summed E-state index contributed by atoms with van der Waals surface area (Å²) < 4.78 is 4.94. The normalized spacial score (nSPS) is 10.6. The topological polar surface area (TPSA) is 57.2 Å². The van der Waals surface area contributed by atoms with Gasteiger partial charge in [0, 0.05) is 12.1 Å². The highest BCUT2D eigenvalue weighted by Gasteiger charge is 2.25. The molecule has 1 aromatic rings. The molecule has 16 heavy (non-hydrogen) atoms. The molecule has 0 unspecified atom stereocenters. The van der Waals surface area contributed by atoms with E-state index in [1.165, 1.54) is 6.26 Å². The number of carbonyl (C=O) groups excluding carboxylic acids is 1. The van der Waals surface area contributed by atoms with E-state index in [1.54, 1.807) is 11.0 Å². The highest BCUT2D eigenvalue weighted by molar-refractivity contribution is 5.96. The van der Waals surface area contributed by atoms with Crippen molar-refractivity contribution in [1.82, 2.24) is 4.90 Å². The quantitative estimate of drug-likeness (QED) is 0.786. The van der Waals surface area contributed by atoms with Crippen LogP contribution in [0.4, 0.5) is 0 Å². The second-order valence-electron chi connectivity index (χ2n) is 4.18. The average Bonchev–Trinajstić information content (AvgIpc) is 2.63. The van der Waals surface area contributed by atoms with Crippen molar-refractivity contribution in [1.29, 1.82) is 5.26 Å². The van der Waals surface area contributed by atoms with E-state index < -0.39 is 0 Å². The smallest absolute Gasteiger partial charge is 0.259 e. The lowest BCUT2D eigenvalue weighted by Gasteiger charge is -2.30. The van der Waals surface area contributed by atoms with Crippen molar-refractivity contribution >= 4 is 5.91 Å². The molecule has 0 aliphatic carbocycles. The lowest BCUT2D eigenvalue weighted by atomic mass is 10.1. The Morgan fingerprint density at radius 1 is 1.38 bits per heavy atom. The van der Waals surface area contributed by atoms with Crippen LogP contribution in [0.2, 0.25) is 0 Å². The van der Waals surface area contributed by atoms with Gasteiger partial charge in [-0.1, -0.05) is 0 Å². The third kappa shape index (κ3) is 2.25. The number of nitriles is 1. The SMILES string of the molecule is CC(C)N(C(=O)c1ccoc1C#N)C(C)C. The maximum Gasteiger partial charge on any atom is 0.259 e. The number of hydrogen-bond donors (Lipinski definition) is 0. The van der Waals surface area contributed by atoms with Gasteiger partial charge >= 0.3 is 0 Å². The van der Waals surface area contributed by atoms with Crippen LogP contribution in [0.25, 0.3) is 0 Å². The second-order valence-corrected chi connectivity index (χ2v) is 4.18. The summed E-state index contributed by atoms with van der Waals surface area (Å²) in [7, 11) is 0. The largest absolute Gasteiger partial charge is 0.453 e. The Kier molecular flexibility index (Phi) is 3.73. The number of furan rings is 1. The van der Waals surface area contributed by atoms with Crippen LogP contribution in [0.5, 0.6) is 0 Å². The molecular weight excluding hydrogens is 204 g/mol. The lowest BCUT2D eigenvalue weighted by molar-refractivity contribution is 0.0642. The summed E-state index contributed by atoms with van der Waals surface area (Å²) in [6.07, 6.45) is 1.37.